The van der Waals surface area contributed by atoms with Crippen LogP contribution in [0.5, 0.6) is 0 Å². The summed E-state index contributed by atoms with van der Waals surface area (Å²) in [7, 11) is 2.16. The van der Waals surface area contributed by atoms with E-state index < -0.39 is 0 Å². The maximum absolute atomic E-state index is 12.9. The molecule has 0 saturated carbocycles. The smallest absolute Gasteiger partial charge is 0.258 e. The summed E-state index contributed by atoms with van der Waals surface area (Å²) >= 11 is 0. The Morgan fingerprint density at radius 2 is 1.79 bits per heavy atom. The molecule has 0 atom stereocenters. The van der Waals surface area contributed by atoms with Gasteiger partial charge in [0, 0.05) is 55.4 Å². The van der Waals surface area contributed by atoms with Crippen LogP contribution in [0.4, 0.5) is 17.3 Å². The Hall–Kier alpha value is -4.15. The van der Waals surface area contributed by atoms with Gasteiger partial charge in [0.15, 0.2) is 5.65 Å². The molecule has 1 saturated heterocycles. The first-order valence-electron chi connectivity index (χ1n) is 11.3. The average Bonchev–Trinajstić information content (AvgIpc) is 2.85. The first-order valence-corrected chi connectivity index (χ1v) is 11.3. The molecule has 2 aromatic heterocycles. The Bertz CT molecular complexity index is 1450. The van der Waals surface area contributed by atoms with Gasteiger partial charge in [0.05, 0.1) is 11.1 Å². The number of benzene rings is 2. The summed E-state index contributed by atoms with van der Waals surface area (Å²) in [6.07, 6.45) is 7.33. The van der Waals surface area contributed by atoms with Crippen molar-refractivity contribution < 1.29 is 0 Å². The van der Waals surface area contributed by atoms with E-state index in [0.29, 0.717) is 22.5 Å². The third-order valence-corrected chi connectivity index (χ3v) is 6.23. The van der Waals surface area contributed by atoms with Crippen molar-refractivity contribution in [2.75, 3.05) is 43.4 Å². The van der Waals surface area contributed by atoms with Gasteiger partial charge >= 0.3 is 0 Å². The molecule has 4 aromatic rings. The van der Waals surface area contributed by atoms with Gasteiger partial charge < -0.3 is 15.1 Å². The van der Waals surface area contributed by atoms with Crippen molar-refractivity contribution in [1.29, 1.82) is 0 Å². The summed E-state index contributed by atoms with van der Waals surface area (Å²) in [5.74, 6) is 2.99. The van der Waals surface area contributed by atoms with Gasteiger partial charge in [-0.2, -0.15) is 4.98 Å². The summed E-state index contributed by atoms with van der Waals surface area (Å²) in [4.78, 5) is 26.9. The number of fused-ring (bicyclic) bond motifs is 1. The van der Waals surface area contributed by atoms with Gasteiger partial charge in [-0.3, -0.25) is 9.36 Å². The molecule has 1 fully saturated rings. The van der Waals surface area contributed by atoms with Crippen molar-refractivity contribution in [3.05, 3.63) is 82.3 Å². The molecule has 0 unspecified atom stereocenters. The highest BCUT2D eigenvalue weighted by Gasteiger charge is 2.17. The van der Waals surface area contributed by atoms with Gasteiger partial charge in [0.1, 0.15) is 0 Å². The number of para-hydroxylation sites is 1. The van der Waals surface area contributed by atoms with Crippen LogP contribution in [0.2, 0.25) is 0 Å². The quantitative estimate of drug-likeness (QED) is 0.480. The number of piperazine rings is 1. The van der Waals surface area contributed by atoms with Crippen LogP contribution in [0.1, 0.15) is 11.1 Å². The molecule has 0 radical (unpaired) electrons. The first-order chi connectivity index (χ1) is 16.5. The highest BCUT2D eigenvalue weighted by molar-refractivity contribution is 5.84. The summed E-state index contributed by atoms with van der Waals surface area (Å²) in [5, 5.41) is 3.94. The van der Waals surface area contributed by atoms with E-state index in [2.05, 4.69) is 52.1 Å². The van der Waals surface area contributed by atoms with Crippen molar-refractivity contribution in [3.63, 3.8) is 0 Å². The van der Waals surface area contributed by atoms with Crippen LogP contribution in [0.3, 0.4) is 0 Å². The number of nitrogens with one attached hydrogen (secondary N) is 1. The van der Waals surface area contributed by atoms with Crippen LogP contribution in [0.25, 0.3) is 16.7 Å². The number of anilines is 3. The number of hydrogen-bond acceptors (Lipinski definition) is 6. The third-order valence-electron chi connectivity index (χ3n) is 6.23. The van der Waals surface area contributed by atoms with Crippen LogP contribution in [-0.4, -0.2) is 52.7 Å². The lowest BCUT2D eigenvalue weighted by molar-refractivity contribution is 0.312. The van der Waals surface area contributed by atoms with Gasteiger partial charge in [-0.15, -0.1) is 6.42 Å². The zero-order valence-electron chi connectivity index (χ0n) is 19.3. The molecule has 1 aliphatic heterocycles. The minimum atomic E-state index is -0.233. The molecule has 2 aromatic carbocycles. The predicted molar refractivity (Wildman–Crippen MR) is 137 cm³/mol. The van der Waals surface area contributed by atoms with Crippen LogP contribution >= 0.6 is 0 Å². The molecule has 7 heteroatoms. The summed E-state index contributed by atoms with van der Waals surface area (Å²) < 4.78 is 1.56. The van der Waals surface area contributed by atoms with E-state index in [-0.39, 0.29) is 5.56 Å². The molecule has 34 heavy (non-hydrogen) atoms. The Labute approximate surface area is 198 Å². The maximum atomic E-state index is 12.9. The van der Waals surface area contributed by atoms with E-state index in [1.165, 1.54) is 17.3 Å². The van der Waals surface area contributed by atoms with Crippen LogP contribution in [-0.2, 0) is 0 Å². The number of nitrogens with zero attached hydrogens (tertiary/aromatic N) is 5. The van der Waals surface area contributed by atoms with E-state index in [4.69, 9.17) is 11.4 Å². The van der Waals surface area contributed by atoms with Crippen molar-refractivity contribution in [2.45, 2.75) is 6.92 Å². The fraction of sp³-hybridized carbons (Fsp3) is 0.222. The van der Waals surface area contributed by atoms with Gasteiger partial charge in [0.2, 0.25) is 5.95 Å². The Morgan fingerprint density at radius 3 is 2.50 bits per heavy atom. The number of pyridine rings is 1. The second-order valence-electron chi connectivity index (χ2n) is 8.56. The monoisotopic (exact) mass is 450 g/mol. The van der Waals surface area contributed by atoms with E-state index in [9.17, 15) is 4.79 Å². The molecule has 7 nitrogen and oxygen atoms in total. The fourth-order valence-electron chi connectivity index (χ4n) is 4.37. The van der Waals surface area contributed by atoms with Crippen LogP contribution in [0, 0.1) is 19.3 Å². The summed E-state index contributed by atoms with van der Waals surface area (Å²) in [5.41, 5.74) is 4.75. The normalized spacial score (nSPS) is 14.2. The second kappa shape index (κ2) is 9.00. The lowest BCUT2D eigenvalue weighted by Crippen LogP contribution is -2.44. The van der Waals surface area contributed by atoms with E-state index in [1.807, 2.05) is 36.4 Å². The van der Waals surface area contributed by atoms with Gasteiger partial charge in [-0.05, 0) is 49.9 Å². The Morgan fingerprint density at radius 1 is 1.03 bits per heavy atom. The number of rotatable bonds is 4. The highest BCUT2D eigenvalue weighted by atomic mass is 16.1. The molecule has 0 aliphatic carbocycles. The molecule has 0 spiro atoms. The molecular weight excluding hydrogens is 424 g/mol. The van der Waals surface area contributed by atoms with Gasteiger partial charge in [-0.25, -0.2) is 4.98 Å². The molecule has 0 bridgehead atoms. The van der Waals surface area contributed by atoms with Crippen molar-refractivity contribution in [2.24, 2.45) is 0 Å². The molecule has 1 N–H and O–H groups in total. The van der Waals surface area contributed by atoms with Crippen LogP contribution < -0.4 is 15.8 Å². The van der Waals surface area contributed by atoms with Crippen molar-refractivity contribution >= 4 is 28.4 Å². The van der Waals surface area contributed by atoms with Gasteiger partial charge in [0.25, 0.3) is 5.56 Å². The number of aromatic nitrogens is 3. The van der Waals surface area contributed by atoms with Crippen molar-refractivity contribution in [1.82, 2.24) is 19.4 Å². The maximum Gasteiger partial charge on any atom is 0.258 e. The highest BCUT2D eigenvalue weighted by Crippen LogP contribution is 2.26. The van der Waals surface area contributed by atoms with Crippen molar-refractivity contribution in [3.8, 4) is 18.0 Å². The zero-order chi connectivity index (χ0) is 23.7. The lowest BCUT2D eigenvalue weighted by Gasteiger charge is -2.35. The summed E-state index contributed by atoms with van der Waals surface area (Å²) in [6.45, 7) is 6.28. The molecule has 170 valence electrons. The van der Waals surface area contributed by atoms with Gasteiger partial charge in [-0.1, -0.05) is 24.1 Å². The van der Waals surface area contributed by atoms with Crippen LogP contribution in [0.15, 0.2) is 65.6 Å². The fourth-order valence-corrected chi connectivity index (χ4v) is 4.37. The molecule has 1 aliphatic rings. The average molecular weight is 451 g/mol. The van der Waals surface area contributed by atoms with E-state index in [1.54, 1.807) is 10.8 Å². The second-order valence-corrected chi connectivity index (χ2v) is 8.56. The predicted octanol–water partition coefficient (Wildman–Crippen LogP) is 3.57. The number of terminal acetylenes is 1. The summed E-state index contributed by atoms with van der Waals surface area (Å²) in [6, 6.07) is 17.1. The minimum absolute atomic E-state index is 0.233. The number of hydrogen-bond donors (Lipinski definition) is 1. The third kappa shape index (κ3) is 4.12. The van der Waals surface area contributed by atoms with E-state index in [0.717, 1.165) is 37.6 Å². The van der Waals surface area contributed by atoms with E-state index >= 15 is 0 Å². The lowest BCUT2D eigenvalue weighted by atomic mass is 10.1. The Kier molecular flexibility index (Phi) is 5.74. The standard InChI is InChI=1S/C27H26N6O/c1-4-20-17-25(34)33(22-8-6-5-7-9-22)26-23(20)18-28-27(30-26)29-21-10-11-24(19(2)16-21)32-14-12-31(3)13-15-32/h1,5-11,16-18H,12-15H2,2-3H3,(H,28,29,30). The Balaban J connectivity index is 1.51. The largest absolute Gasteiger partial charge is 0.369 e. The minimum Gasteiger partial charge on any atom is -0.369 e. The SMILES string of the molecule is C#Cc1cc(=O)n(-c2ccccc2)c2nc(Nc3ccc(N4CCN(C)CC4)c(C)c3)ncc12. The molecular formula is C27H26N6O. The topological polar surface area (TPSA) is 66.3 Å². The molecule has 5 rings (SSSR count). The first kappa shape index (κ1) is 21.7. The number of aryl methyl sites for hydroxylation is 1. The zero-order valence-corrected chi connectivity index (χ0v) is 19.3. The molecule has 3 heterocycles. The molecule has 0 amide bonds. The number of likely N-dealkylation sites (N-methyl/N-ethyl adjacent to an activating group) is 1.